The summed E-state index contributed by atoms with van der Waals surface area (Å²) in [6.45, 7) is 1.73. The Morgan fingerprint density at radius 1 is 1.20 bits per heavy atom. The third-order valence-electron chi connectivity index (χ3n) is 2.10. The summed E-state index contributed by atoms with van der Waals surface area (Å²) in [6, 6.07) is 6.81. The topological polar surface area (TPSA) is 25.8 Å². The second-order valence-corrected chi connectivity index (χ2v) is 4.00. The first-order chi connectivity index (χ1) is 7.16. The predicted octanol–water partition coefficient (Wildman–Crippen LogP) is 3.35. The van der Waals surface area contributed by atoms with Gasteiger partial charge >= 0.3 is 0 Å². The van der Waals surface area contributed by atoms with Crippen molar-refractivity contribution in [3.05, 3.63) is 46.6 Å². The van der Waals surface area contributed by atoms with Gasteiger partial charge in [-0.3, -0.25) is 0 Å². The molecule has 0 aliphatic heterocycles. The summed E-state index contributed by atoms with van der Waals surface area (Å²) in [7, 11) is 0. The number of hydrogen-bond acceptors (Lipinski definition) is 2. The molecule has 15 heavy (non-hydrogen) atoms. The van der Waals surface area contributed by atoms with Crippen LogP contribution >= 0.6 is 15.9 Å². The van der Waals surface area contributed by atoms with Crippen molar-refractivity contribution in [1.29, 1.82) is 0 Å². The lowest BCUT2D eigenvalue weighted by Crippen LogP contribution is -1.88. The molecule has 0 spiro atoms. The Hall–Kier alpha value is -1.29. The highest BCUT2D eigenvalue weighted by Gasteiger charge is 2.03. The molecule has 1 aromatic carbocycles. The molecule has 0 saturated carbocycles. The van der Waals surface area contributed by atoms with E-state index < -0.39 is 0 Å². The SMILES string of the molecule is Cc1ccc(-c2cc(Br)ncn2)cc1F. The summed E-state index contributed by atoms with van der Waals surface area (Å²) in [5.41, 5.74) is 2.09. The zero-order chi connectivity index (χ0) is 10.8. The molecule has 0 aliphatic carbocycles. The first kappa shape index (κ1) is 10.2. The monoisotopic (exact) mass is 266 g/mol. The fraction of sp³-hybridized carbons (Fsp3) is 0.0909. The van der Waals surface area contributed by atoms with Crippen LogP contribution in [0.25, 0.3) is 11.3 Å². The molecule has 2 aromatic rings. The summed E-state index contributed by atoms with van der Waals surface area (Å²) in [4.78, 5) is 7.99. The maximum atomic E-state index is 13.3. The van der Waals surface area contributed by atoms with Crippen LogP contribution in [0.2, 0.25) is 0 Å². The third-order valence-corrected chi connectivity index (χ3v) is 2.53. The van der Waals surface area contributed by atoms with Gasteiger partial charge in [0.2, 0.25) is 0 Å². The van der Waals surface area contributed by atoms with Crippen LogP contribution < -0.4 is 0 Å². The fourth-order valence-corrected chi connectivity index (χ4v) is 1.55. The Morgan fingerprint density at radius 3 is 2.67 bits per heavy atom. The molecule has 0 fully saturated rings. The molecule has 1 aromatic heterocycles. The zero-order valence-corrected chi connectivity index (χ0v) is 9.62. The lowest BCUT2D eigenvalue weighted by atomic mass is 10.1. The van der Waals surface area contributed by atoms with Gasteiger partial charge in [0.05, 0.1) is 5.69 Å². The number of hydrogen-bond donors (Lipinski definition) is 0. The van der Waals surface area contributed by atoms with Gasteiger partial charge in [0.25, 0.3) is 0 Å². The predicted molar refractivity (Wildman–Crippen MR) is 59.9 cm³/mol. The van der Waals surface area contributed by atoms with Crippen LogP contribution in [0.5, 0.6) is 0 Å². The fourth-order valence-electron chi connectivity index (χ4n) is 1.24. The van der Waals surface area contributed by atoms with E-state index in [0.29, 0.717) is 15.9 Å². The first-order valence-corrected chi connectivity index (χ1v) is 5.20. The molecule has 1 heterocycles. The highest BCUT2D eigenvalue weighted by Crippen LogP contribution is 2.21. The molecular weight excluding hydrogens is 259 g/mol. The minimum Gasteiger partial charge on any atom is -0.236 e. The molecular formula is C11H8BrFN2. The molecule has 0 aliphatic rings. The van der Waals surface area contributed by atoms with Crippen molar-refractivity contribution in [1.82, 2.24) is 9.97 Å². The third kappa shape index (κ3) is 2.21. The van der Waals surface area contributed by atoms with Gasteiger partial charge in [0, 0.05) is 5.56 Å². The highest BCUT2D eigenvalue weighted by molar-refractivity contribution is 9.10. The first-order valence-electron chi connectivity index (χ1n) is 4.41. The van der Waals surface area contributed by atoms with E-state index in [4.69, 9.17) is 0 Å². The molecule has 0 radical (unpaired) electrons. The second kappa shape index (κ2) is 4.06. The minimum atomic E-state index is -0.220. The molecule has 0 amide bonds. The summed E-state index contributed by atoms with van der Waals surface area (Å²) in [6.07, 6.45) is 1.44. The summed E-state index contributed by atoms with van der Waals surface area (Å²) < 4.78 is 14.0. The van der Waals surface area contributed by atoms with Gasteiger partial charge in [-0.1, -0.05) is 12.1 Å². The van der Waals surface area contributed by atoms with E-state index >= 15 is 0 Å². The maximum Gasteiger partial charge on any atom is 0.126 e. The number of nitrogens with zero attached hydrogens (tertiary/aromatic N) is 2. The van der Waals surface area contributed by atoms with E-state index in [2.05, 4.69) is 25.9 Å². The summed E-state index contributed by atoms with van der Waals surface area (Å²) in [5, 5.41) is 0. The highest BCUT2D eigenvalue weighted by atomic mass is 79.9. The van der Waals surface area contributed by atoms with Crippen LogP contribution in [0.3, 0.4) is 0 Å². The van der Waals surface area contributed by atoms with Crippen molar-refractivity contribution in [3.63, 3.8) is 0 Å². The average Bonchev–Trinajstić information content (AvgIpc) is 2.22. The maximum absolute atomic E-state index is 13.3. The molecule has 0 atom stereocenters. The van der Waals surface area contributed by atoms with Gasteiger partial charge in [-0.25, -0.2) is 14.4 Å². The van der Waals surface area contributed by atoms with Gasteiger partial charge in [-0.2, -0.15) is 0 Å². The Kier molecular flexibility index (Phi) is 2.77. The summed E-state index contributed by atoms with van der Waals surface area (Å²) in [5.74, 6) is -0.220. The molecule has 76 valence electrons. The Bertz CT molecular complexity index is 500. The van der Waals surface area contributed by atoms with Crippen molar-refractivity contribution in [2.45, 2.75) is 6.92 Å². The van der Waals surface area contributed by atoms with Gasteiger partial charge in [-0.05, 0) is 40.5 Å². The van der Waals surface area contributed by atoms with E-state index in [9.17, 15) is 4.39 Å². The molecule has 4 heteroatoms. The van der Waals surface area contributed by atoms with Gasteiger partial charge in [0.15, 0.2) is 0 Å². The van der Waals surface area contributed by atoms with E-state index in [-0.39, 0.29) is 5.82 Å². The van der Waals surface area contributed by atoms with Crippen molar-refractivity contribution in [3.8, 4) is 11.3 Å². The quantitative estimate of drug-likeness (QED) is 0.740. The molecule has 0 bridgehead atoms. The number of halogens is 2. The van der Waals surface area contributed by atoms with Crippen LogP contribution in [0.15, 0.2) is 35.2 Å². The van der Waals surface area contributed by atoms with E-state index in [1.165, 1.54) is 12.4 Å². The number of aromatic nitrogens is 2. The standard InChI is InChI=1S/C11H8BrFN2/c1-7-2-3-8(4-9(7)13)10-5-11(12)15-6-14-10/h2-6H,1H3. The number of aryl methyl sites for hydroxylation is 1. The van der Waals surface area contributed by atoms with Crippen LogP contribution in [-0.4, -0.2) is 9.97 Å². The van der Waals surface area contributed by atoms with Crippen LogP contribution in [0.1, 0.15) is 5.56 Å². The Morgan fingerprint density at radius 2 is 2.00 bits per heavy atom. The van der Waals surface area contributed by atoms with Crippen LogP contribution in [0, 0.1) is 12.7 Å². The van der Waals surface area contributed by atoms with Crippen molar-refractivity contribution >= 4 is 15.9 Å². The van der Waals surface area contributed by atoms with E-state index in [1.54, 1.807) is 19.1 Å². The zero-order valence-electron chi connectivity index (χ0n) is 8.04. The van der Waals surface area contributed by atoms with Crippen molar-refractivity contribution < 1.29 is 4.39 Å². The van der Waals surface area contributed by atoms with E-state index in [0.717, 1.165) is 5.56 Å². The van der Waals surface area contributed by atoms with Crippen molar-refractivity contribution in [2.75, 3.05) is 0 Å². The molecule has 0 N–H and O–H groups in total. The lowest BCUT2D eigenvalue weighted by Gasteiger charge is -2.02. The summed E-state index contributed by atoms with van der Waals surface area (Å²) >= 11 is 3.25. The van der Waals surface area contributed by atoms with Gasteiger partial charge in [0.1, 0.15) is 16.7 Å². The number of rotatable bonds is 1. The lowest BCUT2D eigenvalue weighted by molar-refractivity contribution is 0.619. The average molecular weight is 267 g/mol. The van der Waals surface area contributed by atoms with E-state index in [1.807, 2.05) is 6.07 Å². The van der Waals surface area contributed by atoms with Crippen LogP contribution in [-0.2, 0) is 0 Å². The molecule has 2 nitrogen and oxygen atoms in total. The van der Waals surface area contributed by atoms with Crippen molar-refractivity contribution in [2.24, 2.45) is 0 Å². The largest absolute Gasteiger partial charge is 0.236 e. The Labute approximate surface area is 95.3 Å². The van der Waals surface area contributed by atoms with Gasteiger partial charge < -0.3 is 0 Å². The minimum absolute atomic E-state index is 0.220. The molecule has 0 saturated heterocycles. The number of benzene rings is 1. The van der Waals surface area contributed by atoms with Gasteiger partial charge in [-0.15, -0.1) is 0 Å². The van der Waals surface area contributed by atoms with Crippen LogP contribution in [0.4, 0.5) is 4.39 Å². The second-order valence-electron chi connectivity index (χ2n) is 3.19. The molecule has 0 unspecified atom stereocenters. The molecule has 2 rings (SSSR count). The Balaban J connectivity index is 2.50. The normalized spacial score (nSPS) is 10.3. The smallest absolute Gasteiger partial charge is 0.126 e.